The molecular weight excluding hydrogens is 528 g/mol. The van der Waals surface area contributed by atoms with Crippen molar-refractivity contribution in [3.8, 4) is 5.75 Å². The smallest absolute Gasteiger partial charge is 0.261 e. The molecule has 0 saturated carbocycles. The Morgan fingerprint density at radius 2 is 1.57 bits per heavy atom. The van der Waals surface area contributed by atoms with E-state index < -0.39 is 6.04 Å². The lowest BCUT2D eigenvalue weighted by atomic mass is 9.87. The van der Waals surface area contributed by atoms with Crippen LogP contribution in [0.15, 0.2) is 83.3 Å². The summed E-state index contributed by atoms with van der Waals surface area (Å²) in [6.07, 6.45) is 1.23. The van der Waals surface area contributed by atoms with E-state index in [1.54, 1.807) is 4.90 Å². The molecule has 1 atom stereocenters. The molecule has 6 heteroatoms. The van der Waals surface area contributed by atoms with Gasteiger partial charge in [0.2, 0.25) is 5.91 Å². The Hall–Kier alpha value is -3.12. The summed E-state index contributed by atoms with van der Waals surface area (Å²) in [6.45, 7) is 9.15. The van der Waals surface area contributed by atoms with Crippen molar-refractivity contribution in [2.45, 2.75) is 58.5 Å². The molecule has 0 spiro atoms. The molecule has 0 aromatic heterocycles. The number of carbonyl (C=O) groups excluding carboxylic acids is 2. The minimum atomic E-state index is -0.669. The van der Waals surface area contributed by atoms with E-state index in [0.717, 1.165) is 22.0 Å². The first-order valence-corrected chi connectivity index (χ1v) is 13.6. The van der Waals surface area contributed by atoms with Crippen LogP contribution in [0.3, 0.4) is 0 Å². The average Bonchev–Trinajstić information content (AvgIpc) is 2.89. The van der Waals surface area contributed by atoms with Crippen molar-refractivity contribution in [1.29, 1.82) is 0 Å². The van der Waals surface area contributed by atoms with Crippen LogP contribution in [0.25, 0.3) is 0 Å². The molecule has 0 heterocycles. The van der Waals surface area contributed by atoms with E-state index in [0.29, 0.717) is 25.3 Å². The fourth-order valence-electron chi connectivity index (χ4n) is 4.01. The summed E-state index contributed by atoms with van der Waals surface area (Å²) in [5.41, 5.74) is 3.11. The maximum absolute atomic E-state index is 13.7. The lowest BCUT2D eigenvalue weighted by Gasteiger charge is -2.31. The Morgan fingerprint density at radius 1 is 0.946 bits per heavy atom. The largest absolute Gasteiger partial charge is 0.483 e. The molecule has 3 rings (SSSR count). The van der Waals surface area contributed by atoms with Crippen molar-refractivity contribution in [2.75, 3.05) is 13.2 Å². The highest BCUT2D eigenvalue weighted by molar-refractivity contribution is 9.10. The fourth-order valence-corrected chi connectivity index (χ4v) is 4.50. The average molecular weight is 566 g/mol. The van der Waals surface area contributed by atoms with Crippen LogP contribution >= 0.6 is 15.9 Å². The zero-order valence-corrected chi connectivity index (χ0v) is 23.8. The standard InChI is InChI=1S/C31H37BrN2O3/c1-5-18-33-30(36)27(19-23-12-8-6-9-13-23)34(21-24-14-10-7-11-15-24)29(35)22-37-28-17-16-25(20-26(28)32)31(2,3)4/h6-17,20,27H,5,18-19,21-22H2,1-4H3,(H,33,36)/t27-/m0/s1. The van der Waals surface area contributed by atoms with Gasteiger partial charge < -0.3 is 15.0 Å². The third-order valence-corrected chi connectivity index (χ3v) is 6.78. The number of halogens is 1. The molecule has 5 nitrogen and oxygen atoms in total. The predicted molar refractivity (Wildman–Crippen MR) is 153 cm³/mol. The monoisotopic (exact) mass is 564 g/mol. The van der Waals surface area contributed by atoms with Gasteiger partial charge in [0.15, 0.2) is 6.61 Å². The van der Waals surface area contributed by atoms with E-state index >= 15 is 0 Å². The summed E-state index contributed by atoms with van der Waals surface area (Å²) in [7, 11) is 0. The molecule has 0 unspecified atom stereocenters. The van der Waals surface area contributed by atoms with E-state index in [2.05, 4.69) is 42.0 Å². The predicted octanol–water partition coefficient (Wildman–Crippen LogP) is 6.29. The molecule has 0 saturated heterocycles. The van der Waals surface area contributed by atoms with Crippen molar-refractivity contribution >= 4 is 27.7 Å². The summed E-state index contributed by atoms with van der Waals surface area (Å²) < 4.78 is 6.77. The van der Waals surface area contributed by atoms with E-state index in [9.17, 15) is 9.59 Å². The van der Waals surface area contributed by atoms with Gasteiger partial charge in [0.25, 0.3) is 5.91 Å². The summed E-state index contributed by atoms with van der Waals surface area (Å²) in [6, 6.07) is 24.8. The van der Waals surface area contributed by atoms with Gasteiger partial charge in [0.1, 0.15) is 11.8 Å². The second kappa shape index (κ2) is 13.4. The summed E-state index contributed by atoms with van der Waals surface area (Å²) >= 11 is 3.59. The van der Waals surface area contributed by atoms with Crippen LogP contribution in [0.1, 0.15) is 50.8 Å². The van der Waals surface area contributed by atoms with Crippen LogP contribution in [0, 0.1) is 0 Å². The lowest BCUT2D eigenvalue weighted by molar-refractivity contribution is -0.142. The van der Waals surface area contributed by atoms with Crippen molar-refractivity contribution in [1.82, 2.24) is 10.2 Å². The van der Waals surface area contributed by atoms with Crippen LogP contribution in [-0.2, 0) is 28.0 Å². The van der Waals surface area contributed by atoms with Gasteiger partial charge in [-0.15, -0.1) is 0 Å². The minimum Gasteiger partial charge on any atom is -0.483 e. The molecule has 0 fully saturated rings. The number of ether oxygens (including phenoxy) is 1. The topological polar surface area (TPSA) is 58.6 Å². The minimum absolute atomic E-state index is 0.000136. The van der Waals surface area contributed by atoms with Gasteiger partial charge in [-0.05, 0) is 56.6 Å². The normalized spacial score (nSPS) is 12.0. The van der Waals surface area contributed by atoms with Crippen LogP contribution in [0.4, 0.5) is 0 Å². The van der Waals surface area contributed by atoms with E-state index in [4.69, 9.17) is 4.74 Å². The molecule has 0 aliphatic heterocycles. The number of amides is 2. The molecule has 37 heavy (non-hydrogen) atoms. The molecular formula is C31H37BrN2O3. The molecule has 0 bridgehead atoms. The highest BCUT2D eigenvalue weighted by Gasteiger charge is 2.30. The Morgan fingerprint density at radius 3 is 2.14 bits per heavy atom. The number of benzene rings is 3. The van der Waals surface area contributed by atoms with Crippen molar-refractivity contribution < 1.29 is 14.3 Å². The molecule has 0 aliphatic rings. The molecule has 3 aromatic rings. The first kappa shape index (κ1) is 28.5. The Bertz CT molecular complexity index is 1160. The van der Waals surface area contributed by atoms with E-state index in [1.807, 2.05) is 85.8 Å². The van der Waals surface area contributed by atoms with Crippen molar-refractivity contribution in [2.24, 2.45) is 0 Å². The maximum Gasteiger partial charge on any atom is 0.261 e. The molecule has 1 N–H and O–H groups in total. The van der Waals surface area contributed by atoms with Crippen molar-refractivity contribution in [3.63, 3.8) is 0 Å². The Labute approximate surface area is 229 Å². The van der Waals surface area contributed by atoms with Gasteiger partial charge in [-0.1, -0.05) is 94.4 Å². The van der Waals surface area contributed by atoms with Gasteiger partial charge in [0.05, 0.1) is 4.47 Å². The SMILES string of the molecule is CCCNC(=O)[C@H](Cc1ccccc1)N(Cc1ccccc1)C(=O)COc1ccc(C(C)(C)C)cc1Br. The maximum atomic E-state index is 13.7. The van der Waals surface area contributed by atoms with Crippen molar-refractivity contribution in [3.05, 3.63) is 100 Å². The molecule has 196 valence electrons. The molecule has 3 aromatic carbocycles. The molecule has 0 radical (unpaired) electrons. The van der Waals surface area contributed by atoms with E-state index in [1.165, 1.54) is 5.56 Å². The van der Waals surface area contributed by atoms with E-state index in [-0.39, 0.29) is 23.8 Å². The second-order valence-electron chi connectivity index (χ2n) is 10.2. The summed E-state index contributed by atoms with van der Waals surface area (Å²) in [4.78, 5) is 28.7. The van der Waals surface area contributed by atoms with Gasteiger partial charge in [-0.25, -0.2) is 0 Å². The number of hydrogen-bond donors (Lipinski definition) is 1. The fraction of sp³-hybridized carbons (Fsp3) is 0.355. The number of rotatable bonds is 11. The zero-order valence-electron chi connectivity index (χ0n) is 22.2. The van der Waals surface area contributed by atoms with Crippen LogP contribution in [0.5, 0.6) is 5.75 Å². The highest BCUT2D eigenvalue weighted by atomic mass is 79.9. The first-order valence-electron chi connectivity index (χ1n) is 12.8. The number of carbonyl (C=O) groups is 2. The zero-order chi connectivity index (χ0) is 26.8. The van der Waals surface area contributed by atoms with Crippen LogP contribution in [-0.4, -0.2) is 35.9 Å². The summed E-state index contributed by atoms with van der Waals surface area (Å²) in [5.74, 6) is 0.185. The highest BCUT2D eigenvalue weighted by Crippen LogP contribution is 2.31. The first-order chi connectivity index (χ1) is 17.7. The number of nitrogens with zero attached hydrogens (tertiary/aromatic N) is 1. The third kappa shape index (κ3) is 8.46. The quantitative estimate of drug-likeness (QED) is 0.297. The number of nitrogens with one attached hydrogen (secondary N) is 1. The molecule has 2 amide bonds. The van der Waals surface area contributed by atoms with Gasteiger partial charge >= 0.3 is 0 Å². The van der Waals surface area contributed by atoms with Gasteiger partial charge in [-0.2, -0.15) is 0 Å². The third-order valence-electron chi connectivity index (χ3n) is 6.17. The van der Waals surface area contributed by atoms with Gasteiger partial charge in [-0.3, -0.25) is 9.59 Å². The number of hydrogen-bond acceptors (Lipinski definition) is 3. The Kier molecular flexibility index (Phi) is 10.3. The summed E-state index contributed by atoms with van der Waals surface area (Å²) in [5, 5.41) is 3.00. The van der Waals surface area contributed by atoms with Crippen LogP contribution < -0.4 is 10.1 Å². The van der Waals surface area contributed by atoms with Gasteiger partial charge in [0, 0.05) is 19.5 Å². The lowest BCUT2D eigenvalue weighted by Crippen LogP contribution is -2.51. The second-order valence-corrected chi connectivity index (χ2v) is 11.0. The Balaban J connectivity index is 1.87. The molecule has 0 aliphatic carbocycles. The van der Waals surface area contributed by atoms with Crippen LogP contribution in [0.2, 0.25) is 0 Å².